The molecule has 6 heteroatoms. The molecule has 1 atom stereocenters. The van der Waals surface area contributed by atoms with E-state index in [1.54, 1.807) is 6.33 Å². The van der Waals surface area contributed by atoms with Crippen molar-refractivity contribution in [1.82, 2.24) is 25.1 Å². The van der Waals surface area contributed by atoms with Crippen LogP contribution in [0.3, 0.4) is 0 Å². The summed E-state index contributed by atoms with van der Waals surface area (Å²) in [7, 11) is 0. The van der Waals surface area contributed by atoms with Gasteiger partial charge in [-0.05, 0) is 40.5 Å². The van der Waals surface area contributed by atoms with Crippen LogP contribution in [-0.4, -0.2) is 26.3 Å². The van der Waals surface area contributed by atoms with E-state index in [-0.39, 0.29) is 6.04 Å². The molecule has 0 fully saturated rings. The molecule has 114 valence electrons. The van der Waals surface area contributed by atoms with Gasteiger partial charge >= 0.3 is 0 Å². The Morgan fingerprint density at radius 1 is 1.29 bits per heavy atom. The Balaban J connectivity index is 2.16. The van der Waals surface area contributed by atoms with Crippen LogP contribution in [0.4, 0.5) is 0 Å². The molecule has 0 bridgehead atoms. The first-order valence-electron chi connectivity index (χ1n) is 7.31. The Kier molecular flexibility index (Phi) is 5.87. The number of halogens is 1. The number of hydrogen-bond acceptors (Lipinski definition) is 4. The smallest absolute Gasteiger partial charge is 0.138 e. The normalized spacial score (nSPS) is 12.8. The highest BCUT2D eigenvalue weighted by atomic mass is 79.9. The Hall–Kier alpha value is -1.27. The molecule has 0 saturated carbocycles. The second kappa shape index (κ2) is 7.66. The van der Waals surface area contributed by atoms with Crippen molar-refractivity contribution in [1.29, 1.82) is 0 Å². The molecule has 2 rings (SSSR count). The Morgan fingerprint density at radius 3 is 2.71 bits per heavy atom. The van der Waals surface area contributed by atoms with Gasteiger partial charge in [0.25, 0.3) is 0 Å². The van der Waals surface area contributed by atoms with Crippen LogP contribution in [0.15, 0.2) is 29.1 Å². The van der Waals surface area contributed by atoms with E-state index in [9.17, 15) is 0 Å². The molecule has 0 aliphatic heterocycles. The standard InChI is InChI=1S/C15H22BrN5/c1-4-17-14(13-6-5-12(16)8-18-13)7-15-19-10-20-21(15)9-11(2)3/h5-6,8,10-11,14,17H,4,7,9H2,1-3H3. The van der Waals surface area contributed by atoms with Gasteiger partial charge in [-0.3, -0.25) is 4.98 Å². The van der Waals surface area contributed by atoms with E-state index in [1.807, 2.05) is 23.0 Å². The minimum Gasteiger partial charge on any atom is -0.309 e. The van der Waals surface area contributed by atoms with Crippen LogP contribution >= 0.6 is 15.9 Å². The number of likely N-dealkylation sites (N-methyl/N-ethyl adjacent to an activating group) is 1. The zero-order chi connectivity index (χ0) is 15.2. The van der Waals surface area contributed by atoms with Crippen LogP contribution < -0.4 is 5.32 Å². The summed E-state index contributed by atoms with van der Waals surface area (Å²) in [5, 5.41) is 7.81. The Bertz CT molecular complexity index is 549. The third-order valence-electron chi connectivity index (χ3n) is 3.18. The molecule has 1 unspecified atom stereocenters. The topological polar surface area (TPSA) is 55.6 Å². The van der Waals surface area contributed by atoms with E-state index in [0.717, 1.165) is 35.5 Å². The van der Waals surface area contributed by atoms with Crippen LogP contribution in [0.1, 0.15) is 38.3 Å². The number of rotatable bonds is 7. The first-order valence-corrected chi connectivity index (χ1v) is 8.11. The molecule has 2 aromatic rings. The van der Waals surface area contributed by atoms with Crippen LogP contribution in [-0.2, 0) is 13.0 Å². The van der Waals surface area contributed by atoms with Crippen LogP contribution in [0.5, 0.6) is 0 Å². The molecule has 0 aliphatic rings. The van der Waals surface area contributed by atoms with Gasteiger partial charge in [-0.15, -0.1) is 0 Å². The molecular formula is C15H22BrN5. The summed E-state index contributed by atoms with van der Waals surface area (Å²) in [6.45, 7) is 8.25. The monoisotopic (exact) mass is 351 g/mol. The van der Waals surface area contributed by atoms with Crippen molar-refractivity contribution in [2.45, 2.75) is 39.8 Å². The highest BCUT2D eigenvalue weighted by Crippen LogP contribution is 2.18. The van der Waals surface area contributed by atoms with Crippen LogP contribution in [0.2, 0.25) is 0 Å². The van der Waals surface area contributed by atoms with E-state index in [1.165, 1.54) is 0 Å². The summed E-state index contributed by atoms with van der Waals surface area (Å²) < 4.78 is 2.98. The number of hydrogen-bond donors (Lipinski definition) is 1. The van der Waals surface area contributed by atoms with E-state index >= 15 is 0 Å². The molecule has 0 aromatic carbocycles. The first kappa shape index (κ1) is 16.1. The van der Waals surface area contributed by atoms with Crippen molar-refractivity contribution in [3.05, 3.63) is 40.6 Å². The molecule has 1 N–H and O–H groups in total. The highest BCUT2D eigenvalue weighted by Gasteiger charge is 2.16. The molecule has 5 nitrogen and oxygen atoms in total. The van der Waals surface area contributed by atoms with Gasteiger partial charge in [-0.25, -0.2) is 9.67 Å². The van der Waals surface area contributed by atoms with E-state index in [4.69, 9.17) is 0 Å². The maximum Gasteiger partial charge on any atom is 0.138 e. The van der Waals surface area contributed by atoms with E-state index < -0.39 is 0 Å². The van der Waals surface area contributed by atoms with Crippen molar-refractivity contribution in [3.63, 3.8) is 0 Å². The molecule has 2 heterocycles. The average Bonchev–Trinajstić information content (AvgIpc) is 2.86. The van der Waals surface area contributed by atoms with Gasteiger partial charge in [0.1, 0.15) is 12.2 Å². The Labute approximate surface area is 134 Å². The van der Waals surface area contributed by atoms with Gasteiger partial charge in [0.15, 0.2) is 0 Å². The molecule has 0 radical (unpaired) electrons. The first-order chi connectivity index (χ1) is 10.1. The average molecular weight is 352 g/mol. The van der Waals surface area contributed by atoms with Gasteiger partial charge in [0.05, 0.1) is 11.7 Å². The molecule has 0 spiro atoms. The fraction of sp³-hybridized carbons (Fsp3) is 0.533. The van der Waals surface area contributed by atoms with Crippen molar-refractivity contribution < 1.29 is 0 Å². The van der Waals surface area contributed by atoms with Crippen molar-refractivity contribution >= 4 is 15.9 Å². The lowest BCUT2D eigenvalue weighted by molar-refractivity contribution is 0.444. The molecule has 0 saturated heterocycles. The number of pyridine rings is 1. The van der Waals surface area contributed by atoms with Gasteiger partial charge in [-0.1, -0.05) is 20.8 Å². The van der Waals surface area contributed by atoms with E-state index in [0.29, 0.717) is 5.92 Å². The lowest BCUT2D eigenvalue weighted by atomic mass is 10.1. The fourth-order valence-electron chi connectivity index (χ4n) is 2.25. The second-order valence-electron chi connectivity index (χ2n) is 5.47. The summed E-state index contributed by atoms with van der Waals surface area (Å²) in [4.78, 5) is 8.91. The summed E-state index contributed by atoms with van der Waals surface area (Å²) in [5.74, 6) is 1.55. The molecule has 21 heavy (non-hydrogen) atoms. The number of nitrogens with one attached hydrogen (secondary N) is 1. The highest BCUT2D eigenvalue weighted by molar-refractivity contribution is 9.10. The maximum absolute atomic E-state index is 4.50. The zero-order valence-electron chi connectivity index (χ0n) is 12.8. The van der Waals surface area contributed by atoms with Crippen molar-refractivity contribution in [2.75, 3.05) is 6.54 Å². The van der Waals surface area contributed by atoms with Gasteiger partial charge < -0.3 is 5.32 Å². The summed E-state index contributed by atoms with van der Waals surface area (Å²) in [5.41, 5.74) is 1.03. The van der Waals surface area contributed by atoms with Crippen LogP contribution in [0, 0.1) is 5.92 Å². The van der Waals surface area contributed by atoms with Gasteiger partial charge in [-0.2, -0.15) is 5.10 Å². The van der Waals surface area contributed by atoms with E-state index in [2.05, 4.69) is 57.1 Å². The zero-order valence-corrected chi connectivity index (χ0v) is 14.3. The molecule has 0 amide bonds. The molecule has 0 aliphatic carbocycles. The maximum atomic E-state index is 4.50. The summed E-state index contributed by atoms with van der Waals surface area (Å²) in [6, 6.07) is 4.21. The lowest BCUT2D eigenvalue weighted by Gasteiger charge is -2.18. The predicted octanol–water partition coefficient (Wildman–Crippen LogP) is 2.98. The SMILES string of the molecule is CCNC(Cc1ncnn1CC(C)C)c1ccc(Br)cn1. The van der Waals surface area contributed by atoms with Crippen molar-refractivity contribution in [3.8, 4) is 0 Å². The van der Waals surface area contributed by atoms with Gasteiger partial charge in [0, 0.05) is 23.6 Å². The third-order valence-corrected chi connectivity index (χ3v) is 3.65. The summed E-state index contributed by atoms with van der Waals surface area (Å²) >= 11 is 3.42. The van der Waals surface area contributed by atoms with Crippen LogP contribution in [0.25, 0.3) is 0 Å². The predicted molar refractivity (Wildman–Crippen MR) is 86.9 cm³/mol. The third kappa shape index (κ3) is 4.61. The quantitative estimate of drug-likeness (QED) is 0.832. The minimum atomic E-state index is 0.151. The second-order valence-corrected chi connectivity index (χ2v) is 6.38. The Morgan fingerprint density at radius 2 is 2.10 bits per heavy atom. The largest absolute Gasteiger partial charge is 0.309 e. The minimum absolute atomic E-state index is 0.151. The lowest BCUT2D eigenvalue weighted by Crippen LogP contribution is -2.25. The van der Waals surface area contributed by atoms with Crippen molar-refractivity contribution in [2.24, 2.45) is 5.92 Å². The fourth-order valence-corrected chi connectivity index (χ4v) is 2.48. The molecule has 2 aromatic heterocycles. The number of nitrogens with zero attached hydrogens (tertiary/aromatic N) is 4. The summed E-state index contributed by atoms with van der Waals surface area (Å²) in [6.07, 6.45) is 4.25. The van der Waals surface area contributed by atoms with Gasteiger partial charge in [0.2, 0.25) is 0 Å². The number of aromatic nitrogens is 4. The molecular weight excluding hydrogens is 330 g/mol.